The molecule has 1 aromatic rings. The SMILES string of the molecule is C#CCC(CC)Nc1ncc(Cl)cc1[N+](=O)[O-]. The molecule has 0 amide bonds. The van der Waals surface area contributed by atoms with Crippen molar-refractivity contribution in [3.05, 3.63) is 27.4 Å². The van der Waals surface area contributed by atoms with Gasteiger partial charge in [-0.05, 0) is 6.42 Å². The summed E-state index contributed by atoms with van der Waals surface area (Å²) in [4.78, 5) is 14.2. The van der Waals surface area contributed by atoms with Gasteiger partial charge < -0.3 is 5.32 Å². The fourth-order valence-electron chi connectivity index (χ4n) is 1.31. The monoisotopic (exact) mass is 253 g/mol. The minimum Gasteiger partial charge on any atom is -0.361 e. The number of aromatic nitrogens is 1. The molecule has 1 unspecified atom stereocenters. The molecule has 1 N–H and O–H groups in total. The maximum absolute atomic E-state index is 10.8. The number of pyridine rings is 1. The Bertz CT molecular complexity index is 457. The van der Waals surface area contributed by atoms with E-state index in [1.807, 2.05) is 6.92 Å². The Balaban J connectivity index is 2.97. The van der Waals surface area contributed by atoms with Crippen LogP contribution in [0.25, 0.3) is 0 Å². The van der Waals surface area contributed by atoms with Crippen molar-refractivity contribution in [3.8, 4) is 12.3 Å². The Labute approximate surface area is 104 Å². The Kier molecular flexibility index (Phi) is 4.73. The first-order valence-electron chi connectivity index (χ1n) is 5.08. The van der Waals surface area contributed by atoms with Crippen LogP contribution in [-0.4, -0.2) is 15.9 Å². The van der Waals surface area contributed by atoms with Gasteiger partial charge in [-0.2, -0.15) is 0 Å². The first-order chi connectivity index (χ1) is 8.08. The van der Waals surface area contributed by atoms with Gasteiger partial charge in [-0.1, -0.05) is 18.5 Å². The van der Waals surface area contributed by atoms with Gasteiger partial charge in [0.1, 0.15) is 0 Å². The molecular weight excluding hydrogens is 242 g/mol. The quantitative estimate of drug-likeness (QED) is 0.498. The number of halogens is 1. The number of hydrogen-bond donors (Lipinski definition) is 1. The van der Waals surface area contributed by atoms with Gasteiger partial charge >= 0.3 is 5.69 Å². The van der Waals surface area contributed by atoms with Crippen LogP contribution in [0.5, 0.6) is 0 Å². The Morgan fingerprint density at radius 2 is 2.47 bits per heavy atom. The fraction of sp³-hybridized carbons (Fsp3) is 0.364. The lowest BCUT2D eigenvalue weighted by atomic mass is 10.1. The van der Waals surface area contributed by atoms with Crippen LogP contribution in [-0.2, 0) is 0 Å². The molecule has 0 saturated heterocycles. The van der Waals surface area contributed by atoms with Crippen LogP contribution in [0.3, 0.4) is 0 Å². The number of nitrogens with zero attached hydrogens (tertiary/aromatic N) is 2. The fourth-order valence-corrected chi connectivity index (χ4v) is 1.46. The maximum Gasteiger partial charge on any atom is 0.312 e. The summed E-state index contributed by atoms with van der Waals surface area (Å²) in [7, 11) is 0. The van der Waals surface area contributed by atoms with E-state index in [0.717, 1.165) is 6.42 Å². The first kappa shape index (κ1) is 13.3. The predicted octanol–water partition coefficient (Wildman–Crippen LogP) is 2.86. The van der Waals surface area contributed by atoms with Crippen LogP contribution in [0.2, 0.25) is 5.02 Å². The molecule has 90 valence electrons. The normalized spacial score (nSPS) is 11.6. The summed E-state index contributed by atoms with van der Waals surface area (Å²) in [5.74, 6) is 2.71. The number of nitro groups is 1. The highest BCUT2D eigenvalue weighted by molar-refractivity contribution is 6.30. The summed E-state index contributed by atoms with van der Waals surface area (Å²) in [6.07, 6.45) is 7.82. The van der Waals surface area contributed by atoms with Crippen molar-refractivity contribution >= 4 is 23.1 Å². The molecule has 6 heteroatoms. The van der Waals surface area contributed by atoms with Crippen molar-refractivity contribution in [1.82, 2.24) is 4.98 Å². The Morgan fingerprint density at radius 3 is 3.00 bits per heavy atom. The van der Waals surface area contributed by atoms with Gasteiger partial charge in [0.15, 0.2) is 0 Å². The Hall–Kier alpha value is -1.80. The van der Waals surface area contributed by atoms with E-state index in [-0.39, 0.29) is 22.6 Å². The lowest BCUT2D eigenvalue weighted by Crippen LogP contribution is -2.19. The van der Waals surface area contributed by atoms with Crippen molar-refractivity contribution < 1.29 is 4.92 Å². The van der Waals surface area contributed by atoms with Crippen LogP contribution in [0.1, 0.15) is 19.8 Å². The molecule has 0 aromatic carbocycles. The van der Waals surface area contributed by atoms with Crippen LogP contribution < -0.4 is 5.32 Å². The highest BCUT2D eigenvalue weighted by atomic mass is 35.5. The number of nitrogens with one attached hydrogen (secondary N) is 1. The minimum atomic E-state index is -0.524. The summed E-state index contributed by atoms with van der Waals surface area (Å²) in [5.41, 5.74) is -0.145. The van der Waals surface area contributed by atoms with Gasteiger partial charge in [0, 0.05) is 24.7 Å². The molecule has 0 saturated carbocycles. The van der Waals surface area contributed by atoms with Gasteiger partial charge in [-0.25, -0.2) is 4.98 Å². The van der Waals surface area contributed by atoms with Crippen molar-refractivity contribution in [3.63, 3.8) is 0 Å². The van der Waals surface area contributed by atoms with E-state index in [1.54, 1.807) is 0 Å². The van der Waals surface area contributed by atoms with Crippen LogP contribution in [0.4, 0.5) is 11.5 Å². The second-order valence-corrected chi connectivity index (χ2v) is 3.87. The van der Waals surface area contributed by atoms with E-state index in [2.05, 4.69) is 16.2 Å². The smallest absolute Gasteiger partial charge is 0.312 e. The number of anilines is 1. The van der Waals surface area contributed by atoms with Crippen LogP contribution >= 0.6 is 11.6 Å². The van der Waals surface area contributed by atoms with Crippen molar-refractivity contribution in [2.75, 3.05) is 5.32 Å². The average Bonchev–Trinajstić information content (AvgIpc) is 2.30. The van der Waals surface area contributed by atoms with E-state index in [1.165, 1.54) is 12.3 Å². The van der Waals surface area contributed by atoms with Gasteiger partial charge in [0.25, 0.3) is 0 Å². The summed E-state index contributed by atoms with van der Waals surface area (Å²) in [6, 6.07) is 1.23. The second-order valence-electron chi connectivity index (χ2n) is 3.44. The zero-order chi connectivity index (χ0) is 12.8. The molecule has 0 aliphatic carbocycles. The van der Waals surface area contributed by atoms with E-state index >= 15 is 0 Å². The average molecular weight is 254 g/mol. The van der Waals surface area contributed by atoms with Crippen LogP contribution in [0, 0.1) is 22.5 Å². The molecule has 0 aliphatic rings. The zero-order valence-electron chi connectivity index (χ0n) is 9.31. The third-order valence-corrected chi connectivity index (χ3v) is 2.44. The maximum atomic E-state index is 10.8. The van der Waals surface area contributed by atoms with E-state index in [0.29, 0.717) is 6.42 Å². The molecule has 5 nitrogen and oxygen atoms in total. The van der Waals surface area contributed by atoms with Crippen molar-refractivity contribution in [2.24, 2.45) is 0 Å². The van der Waals surface area contributed by atoms with Gasteiger partial charge in [-0.3, -0.25) is 10.1 Å². The van der Waals surface area contributed by atoms with Gasteiger partial charge in [0.05, 0.1) is 9.95 Å². The predicted molar refractivity (Wildman–Crippen MR) is 67.1 cm³/mol. The van der Waals surface area contributed by atoms with Gasteiger partial charge in [-0.15, -0.1) is 12.3 Å². The molecule has 1 heterocycles. The summed E-state index contributed by atoms with van der Waals surface area (Å²) >= 11 is 5.67. The van der Waals surface area contributed by atoms with E-state index < -0.39 is 4.92 Å². The molecule has 0 bridgehead atoms. The summed E-state index contributed by atoms with van der Waals surface area (Å²) < 4.78 is 0. The molecule has 1 atom stereocenters. The molecule has 17 heavy (non-hydrogen) atoms. The minimum absolute atomic E-state index is 0.0348. The number of rotatable bonds is 5. The third-order valence-electron chi connectivity index (χ3n) is 2.23. The lowest BCUT2D eigenvalue weighted by molar-refractivity contribution is -0.384. The van der Waals surface area contributed by atoms with Crippen molar-refractivity contribution in [2.45, 2.75) is 25.8 Å². The largest absolute Gasteiger partial charge is 0.361 e. The highest BCUT2D eigenvalue weighted by Crippen LogP contribution is 2.26. The molecular formula is C11H12ClN3O2. The molecule has 1 aromatic heterocycles. The molecule has 1 rings (SSSR count). The second kappa shape index (κ2) is 6.06. The van der Waals surface area contributed by atoms with E-state index in [9.17, 15) is 10.1 Å². The summed E-state index contributed by atoms with van der Waals surface area (Å²) in [6.45, 7) is 1.94. The first-order valence-corrected chi connectivity index (χ1v) is 5.46. The highest BCUT2D eigenvalue weighted by Gasteiger charge is 2.18. The topological polar surface area (TPSA) is 68.1 Å². The molecule has 0 spiro atoms. The third kappa shape index (κ3) is 3.61. The molecule has 0 radical (unpaired) electrons. The Morgan fingerprint density at radius 1 is 1.76 bits per heavy atom. The molecule has 0 fully saturated rings. The lowest BCUT2D eigenvalue weighted by Gasteiger charge is -2.14. The van der Waals surface area contributed by atoms with E-state index in [4.69, 9.17) is 18.0 Å². The van der Waals surface area contributed by atoms with Crippen molar-refractivity contribution in [1.29, 1.82) is 0 Å². The standard InChI is InChI=1S/C11H12ClN3O2/c1-3-5-9(4-2)14-11-10(15(16)17)6-8(12)7-13-11/h1,6-7,9H,4-5H2,2H3,(H,13,14). The molecule has 0 aliphatic heterocycles. The van der Waals surface area contributed by atoms with Crippen LogP contribution in [0.15, 0.2) is 12.3 Å². The summed E-state index contributed by atoms with van der Waals surface area (Å²) in [5, 5.41) is 14.0. The zero-order valence-corrected chi connectivity index (χ0v) is 10.1. The number of terminal acetylenes is 1. The van der Waals surface area contributed by atoms with Gasteiger partial charge in [0.2, 0.25) is 5.82 Å². The number of hydrogen-bond acceptors (Lipinski definition) is 4.